The zero-order valence-corrected chi connectivity index (χ0v) is 19.5. The summed E-state index contributed by atoms with van der Waals surface area (Å²) >= 11 is 15.8. The molecule has 3 rings (SSSR count). The van der Waals surface area contributed by atoms with E-state index in [2.05, 4.69) is 20.9 Å². The Balaban J connectivity index is 2.09. The van der Waals surface area contributed by atoms with E-state index >= 15 is 0 Å². The molecule has 162 valence electrons. The molecule has 4 atom stereocenters. The molecule has 2 aromatic rings. The minimum Gasteiger partial charge on any atom is -0.465 e. The molecule has 1 heterocycles. The van der Waals surface area contributed by atoms with E-state index in [0.29, 0.717) is 32.2 Å². The first kappa shape index (κ1) is 22.8. The highest BCUT2D eigenvalue weighted by Gasteiger charge is 2.50. The molecule has 0 amide bonds. The summed E-state index contributed by atoms with van der Waals surface area (Å²) in [6.45, 7) is 3.85. The van der Waals surface area contributed by atoms with Gasteiger partial charge in [0.25, 0.3) is 0 Å². The lowest BCUT2D eigenvalue weighted by atomic mass is 10.1. The number of carbonyl (C=O) groups is 3. The van der Waals surface area contributed by atoms with Crippen molar-refractivity contribution in [3.8, 4) is 0 Å². The van der Waals surface area contributed by atoms with Crippen molar-refractivity contribution in [1.29, 1.82) is 0 Å². The fraction of sp³-hybridized carbons (Fsp3) is 0.474. The molecule has 0 spiro atoms. The number of fused-ring (bicyclic) bond motifs is 1. The van der Waals surface area contributed by atoms with Crippen molar-refractivity contribution in [3.63, 3.8) is 0 Å². The number of benzene rings is 1. The van der Waals surface area contributed by atoms with Gasteiger partial charge in [-0.3, -0.25) is 14.4 Å². The first-order valence-electron chi connectivity index (χ1n) is 9.08. The van der Waals surface area contributed by atoms with Gasteiger partial charge in [0.05, 0.1) is 33.7 Å². The van der Waals surface area contributed by atoms with Crippen LogP contribution in [0.15, 0.2) is 16.9 Å². The van der Waals surface area contributed by atoms with E-state index in [-0.39, 0.29) is 12.5 Å². The Kier molecular flexibility index (Phi) is 6.94. The van der Waals surface area contributed by atoms with Crippen molar-refractivity contribution < 1.29 is 28.6 Å². The maximum atomic E-state index is 11.8. The molecule has 1 aromatic heterocycles. The molecule has 0 radical (unpaired) electrons. The number of hydrogen-bond donors (Lipinski definition) is 0. The molecule has 1 aliphatic rings. The van der Waals surface area contributed by atoms with Crippen LogP contribution >= 0.6 is 39.1 Å². The number of esters is 3. The summed E-state index contributed by atoms with van der Waals surface area (Å²) < 4.78 is 18.5. The molecule has 0 bridgehead atoms. The lowest BCUT2D eigenvalue weighted by Crippen LogP contribution is -2.38. The Morgan fingerprint density at radius 3 is 2.27 bits per heavy atom. The van der Waals surface area contributed by atoms with Crippen LogP contribution in [0.1, 0.15) is 33.2 Å². The van der Waals surface area contributed by atoms with Gasteiger partial charge in [0.2, 0.25) is 0 Å². The number of aromatic nitrogens is 2. The van der Waals surface area contributed by atoms with E-state index in [1.54, 1.807) is 12.1 Å². The Labute approximate surface area is 190 Å². The molecule has 0 N–H and O–H groups in total. The van der Waals surface area contributed by atoms with Crippen molar-refractivity contribution in [1.82, 2.24) is 9.55 Å². The summed E-state index contributed by atoms with van der Waals surface area (Å²) in [5.41, 5.74) is 1.25. The first-order chi connectivity index (χ1) is 14.1. The molecule has 1 aliphatic carbocycles. The fourth-order valence-electron chi connectivity index (χ4n) is 3.77. The van der Waals surface area contributed by atoms with Crippen LogP contribution in [0.4, 0.5) is 0 Å². The van der Waals surface area contributed by atoms with Crippen LogP contribution in [0.25, 0.3) is 11.0 Å². The topological polar surface area (TPSA) is 96.7 Å². The summed E-state index contributed by atoms with van der Waals surface area (Å²) in [6.07, 6.45) is -1.23. The number of hydrogen-bond acceptors (Lipinski definition) is 7. The van der Waals surface area contributed by atoms with Gasteiger partial charge in [0.1, 0.15) is 6.10 Å². The van der Waals surface area contributed by atoms with Gasteiger partial charge in [-0.15, -0.1) is 0 Å². The first-order valence-corrected chi connectivity index (χ1v) is 10.6. The number of carbonyl (C=O) groups excluding carboxylic acids is 3. The Morgan fingerprint density at radius 1 is 1.07 bits per heavy atom. The minimum absolute atomic E-state index is 0.0123. The Morgan fingerprint density at radius 2 is 1.67 bits per heavy atom. The summed E-state index contributed by atoms with van der Waals surface area (Å²) in [5, 5.41) is 0.697. The van der Waals surface area contributed by atoms with Crippen LogP contribution in [-0.4, -0.2) is 46.3 Å². The summed E-state index contributed by atoms with van der Waals surface area (Å²) in [6, 6.07) is 2.84. The van der Waals surface area contributed by atoms with Crippen LogP contribution < -0.4 is 0 Å². The molecule has 0 saturated heterocycles. The molecule has 1 fully saturated rings. The molecule has 30 heavy (non-hydrogen) atoms. The van der Waals surface area contributed by atoms with Crippen LogP contribution in [0.5, 0.6) is 0 Å². The van der Waals surface area contributed by atoms with E-state index in [4.69, 9.17) is 37.4 Å². The number of nitrogens with zero attached hydrogens (tertiary/aromatic N) is 2. The van der Waals surface area contributed by atoms with Crippen LogP contribution in [-0.2, 0) is 28.6 Å². The van der Waals surface area contributed by atoms with Crippen LogP contribution in [0, 0.1) is 5.92 Å². The van der Waals surface area contributed by atoms with E-state index in [0.717, 1.165) is 0 Å². The standard InChI is InChI=1S/C19H19BrCl2N2O6/c1-8(25)28-7-11-4-16(18(30-10(3)27)17(11)29-9(2)26)24-15-6-13(22)12(21)5-14(15)23-19(24)20/h5-6,11,16-18H,4,7H2,1-3H3/t11-,16-,17?,18-/m1/s1. The molecule has 0 aliphatic heterocycles. The van der Waals surface area contributed by atoms with Crippen molar-refractivity contribution in [2.45, 2.75) is 45.4 Å². The molecular formula is C19H19BrCl2N2O6. The fourth-order valence-corrected chi connectivity index (χ4v) is 4.73. The SMILES string of the molecule is CC(=O)OC[C@H]1C[C@@H](n2c(Br)nc3cc(Cl)c(Cl)cc32)[C@@H](OC(C)=O)C1OC(C)=O. The average molecular weight is 522 g/mol. The molecule has 8 nitrogen and oxygen atoms in total. The van der Waals surface area contributed by atoms with Gasteiger partial charge in [-0.25, -0.2) is 4.98 Å². The van der Waals surface area contributed by atoms with Crippen molar-refractivity contribution in [2.24, 2.45) is 5.92 Å². The van der Waals surface area contributed by atoms with E-state index in [9.17, 15) is 14.4 Å². The van der Waals surface area contributed by atoms with Gasteiger partial charge in [0.15, 0.2) is 10.8 Å². The van der Waals surface area contributed by atoms with Crippen molar-refractivity contribution in [2.75, 3.05) is 6.61 Å². The highest BCUT2D eigenvalue weighted by atomic mass is 79.9. The molecule has 1 aromatic carbocycles. The second kappa shape index (κ2) is 9.11. The van der Waals surface area contributed by atoms with Crippen LogP contribution in [0.2, 0.25) is 10.0 Å². The number of halogens is 3. The third kappa shape index (κ3) is 4.73. The lowest BCUT2D eigenvalue weighted by Gasteiger charge is -2.27. The highest BCUT2D eigenvalue weighted by molar-refractivity contribution is 9.10. The molecule has 1 saturated carbocycles. The zero-order chi connectivity index (χ0) is 22.2. The monoisotopic (exact) mass is 520 g/mol. The van der Waals surface area contributed by atoms with Gasteiger partial charge in [-0.1, -0.05) is 23.2 Å². The third-order valence-corrected chi connectivity index (χ3v) is 6.12. The number of rotatable bonds is 5. The minimum atomic E-state index is -0.824. The summed E-state index contributed by atoms with van der Waals surface area (Å²) in [7, 11) is 0. The Bertz CT molecular complexity index is 1010. The molecule has 1 unspecified atom stereocenters. The van der Waals surface area contributed by atoms with E-state index in [1.165, 1.54) is 20.8 Å². The zero-order valence-electron chi connectivity index (χ0n) is 16.4. The van der Waals surface area contributed by atoms with Crippen molar-refractivity contribution >= 4 is 68.1 Å². The lowest BCUT2D eigenvalue weighted by molar-refractivity contribution is -0.168. The van der Waals surface area contributed by atoms with E-state index in [1.807, 2.05) is 4.57 Å². The van der Waals surface area contributed by atoms with Crippen LogP contribution in [0.3, 0.4) is 0 Å². The highest BCUT2D eigenvalue weighted by Crippen LogP contribution is 2.43. The van der Waals surface area contributed by atoms with E-state index < -0.39 is 36.2 Å². The average Bonchev–Trinajstić information content (AvgIpc) is 3.10. The Hall–Kier alpha value is -1.84. The summed E-state index contributed by atoms with van der Waals surface area (Å²) in [4.78, 5) is 39.4. The third-order valence-electron chi connectivity index (χ3n) is 4.84. The second-order valence-corrected chi connectivity index (χ2v) is 8.54. The largest absolute Gasteiger partial charge is 0.465 e. The van der Waals surface area contributed by atoms with Gasteiger partial charge in [-0.2, -0.15) is 0 Å². The molecule has 11 heteroatoms. The quantitative estimate of drug-likeness (QED) is 0.431. The van der Waals surface area contributed by atoms with Gasteiger partial charge >= 0.3 is 17.9 Å². The number of imidazole rings is 1. The second-order valence-electron chi connectivity index (χ2n) is 7.02. The van der Waals surface area contributed by atoms with Crippen molar-refractivity contribution in [3.05, 3.63) is 26.9 Å². The summed E-state index contributed by atoms with van der Waals surface area (Å²) in [5.74, 6) is -1.91. The van der Waals surface area contributed by atoms with Gasteiger partial charge in [-0.05, 0) is 34.5 Å². The van der Waals surface area contributed by atoms with Gasteiger partial charge < -0.3 is 18.8 Å². The smallest absolute Gasteiger partial charge is 0.303 e. The normalized spacial score (nSPS) is 23.4. The van der Waals surface area contributed by atoms with Gasteiger partial charge in [0, 0.05) is 26.7 Å². The molecular weight excluding hydrogens is 503 g/mol. The predicted octanol–water partition coefficient (Wildman–Crippen LogP) is 4.09. The maximum Gasteiger partial charge on any atom is 0.303 e. The number of ether oxygens (including phenoxy) is 3. The maximum absolute atomic E-state index is 11.8. The predicted molar refractivity (Wildman–Crippen MR) is 112 cm³/mol.